The van der Waals surface area contributed by atoms with E-state index in [2.05, 4.69) is 43.9 Å². The van der Waals surface area contributed by atoms with Crippen LogP contribution in [0, 0.1) is 0 Å². The van der Waals surface area contributed by atoms with Gasteiger partial charge in [-0.1, -0.05) is 32.9 Å². The minimum Gasteiger partial charge on any atom is -0.493 e. The third kappa shape index (κ3) is 2.37. The smallest absolute Gasteiger partial charge is 0.124 e. The van der Waals surface area contributed by atoms with Gasteiger partial charge in [-0.25, -0.2) is 0 Å². The molecule has 1 aromatic rings. The Balaban J connectivity index is 2.53. The summed E-state index contributed by atoms with van der Waals surface area (Å²) < 4.78 is 5.84. The van der Waals surface area contributed by atoms with Crippen molar-refractivity contribution >= 4 is 0 Å². The van der Waals surface area contributed by atoms with Crippen LogP contribution in [0.2, 0.25) is 0 Å². The molecule has 2 rings (SSSR count). The lowest BCUT2D eigenvalue weighted by atomic mass is 9.81. The van der Waals surface area contributed by atoms with Crippen molar-refractivity contribution in [3.63, 3.8) is 0 Å². The molecule has 1 atom stereocenters. The Morgan fingerprint density at radius 1 is 1.26 bits per heavy atom. The quantitative estimate of drug-likeness (QED) is 0.886. The Morgan fingerprint density at radius 2 is 2.00 bits per heavy atom. The van der Waals surface area contributed by atoms with Crippen molar-refractivity contribution in [3.8, 4) is 5.75 Å². The summed E-state index contributed by atoms with van der Waals surface area (Å²) in [6.07, 6.45) is 2.03. The molecule has 0 spiro atoms. The molecule has 1 aromatic carbocycles. The summed E-state index contributed by atoms with van der Waals surface area (Å²) in [5, 5.41) is 0. The first kappa shape index (κ1) is 14.4. The Morgan fingerprint density at radius 3 is 2.58 bits per heavy atom. The molecule has 1 aliphatic rings. The number of fused-ring (bicyclic) bond motifs is 1. The van der Waals surface area contributed by atoms with Crippen LogP contribution in [0.3, 0.4) is 0 Å². The van der Waals surface area contributed by atoms with Crippen LogP contribution < -0.4 is 10.5 Å². The molecule has 0 aliphatic carbocycles. The zero-order chi connectivity index (χ0) is 13.9. The first-order valence-electron chi connectivity index (χ1n) is 7.43. The number of hydrogen-bond donors (Lipinski definition) is 1. The lowest BCUT2D eigenvalue weighted by Crippen LogP contribution is -2.53. The monoisotopic (exact) mass is 262 g/mol. The number of aryl methyl sites for hydroxylation is 1. The van der Waals surface area contributed by atoms with Crippen molar-refractivity contribution < 1.29 is 4.74 Å². The number of likely N-dealkylation sites (N-methyl/N-ethyl adjacent to an activating group) is 1. The highest BCUT2D eigenvalue weighted by molar-refractivity contribution is 5.44. The summed E-state index contributed by atoms with van der Waals surface area (Å²) in [4.78, 5) is 2.48. The molecule has 0 saturated carbocycles. The third-order valence-corrected chi connectivity index (χ3v) is 4.43. The number of rotatable bonds is 5. The highest BCUT2D eigenvalue weighted by Crippen LogP contribution is 2.41. The van der Waals surface area contributed by atoms with Crippen LogP contribution >= 0.6 is 0 Å². The van der Waals surface area contributed by atoms with Gasteiger partial charge in [0, 0.05) is 18.5 Å². The lowest BCUT2D eigenvalue weighted by Gasteiger charge is -2.46. The molecule has 19 heavy (non-hydrogen) atoms. The van der Waals surface area contributed by atoms with Crippen molar-refractivity contribution in [1.82, 2.24) is 4.90 Å². The molecule has 0 bridgehead atoms. The van der Waals surface area contributed by atoms with Gasteiger partial charge in [-0.2, -0.15) is 0 Å². The maximum Gasteiger partial charge on any atom is 0.124 e. The van der Waals surface area contributed by atoms with Gasteiger partial charge in [-0.3, -0.25) is 4.90 Å². The number of nitrogens with two attached hydrogens (primary N) is 1. The van der Waals surface area contributed by atoms with E-state index >= 15 is 0 Å². The van der Waals surface area contributed by atoms with E-state index in [1.54, 1.807) is 0 Å². The highest BCUT2D eigenvalue weighted by atomic mass is 16.5. The van der Waals surface area contributed by atoms with Crippen molar-refractivity contribution in [3.05, 3.63) is 29.3 Å². The Hall–Kier alpha value is -1.06. The number of ether oxygens (including phenoxy) is 1. The van der Waals surface area contributed by atoms with Gasteiger partial charge in [-0.05, 0) is 31.1 Å². The minimum absolute atomic E-state index is 0.0533. The van der Waals surface area contributed by atoms with Gasteiger partial charge in [0.2, 0.25) is 0 Å². The molecule has 0 fully saturated rings. The van der Waals surface area contributed by atoms with Crippen LogP contribution in [0.25, 0.3) is 0 Å². The predicted octanol–water partition coefficient (Wildman–Crippen LogP) is 2.53. The van der Waals surface area contributed by atoms with E-state index in [0.29, 0.717) is 6.54 Å². The fourth-order valence-corrected chi connectivity index (χ4v) is 3.25. The average Bonchev–Trinajstić information content (AvgIpc) is 2.48. The Labute approximate surface area is 116 Å². The molecule has 2 N–H and O–H groups in total. The van der Waals surface area contributed by atoms with Crippen LogP contribution in [0.5, 0.6) is 5.75 Å². The Bertz CT molecular complexity index is 429. The minimum atomic E-state index is -0.0533. The number of hydrogen-bond acceptors (Lipinski definition) is 3. The van der Waals surface area contributed by atoms with Crippen molar-refractivity contribution in [2.45, 2.75) is 39.2 Å². The zero-order valence-electron chi connectivity index (χ0n) is 12.4. The van der Waals surface area contributed by atoms with E-state index < -0.39 is 0 Å². The molecule has 106 valence electrons. The molecule has 1 aliphatic heterocycles. The van der Waals surface area contributed by atoms with Gasteiger partial charge in [0.15, 0.2) is 0 Å². The van der Waals surface area contributed by atoms with Gasteiger partial charge in [0.25, 0.3) is 0 Å². The summed E-state index contributed by atoms with van der Waals surface area (Å²) in [6.45, 7) is 10.0. The Kier molecular flexibility index (Phi) is 4.48. The van der Waals surface area contributed by atoms with Crippen molar-refractivity contribution in [1.29, 1.82) is 0 Å². The SMILES string of the molecule is CCc1ccc2c(c1)C(CN)(N(CC)CC)CCO2. The van der Waals surface area contributed by atoms with Crippen LogP contribution in [0.15, 0.2) is 18.2 Å². The fourth-order valence-electron chi connectivity index (χ4n) is 3.25. The summed E-state index contributed by atoms with van der Waals surface area (Å²) in [7, 11) is 0. The first-order chi connectivity index (χ1) is 9.21. The van der Waals surface area contributed by atoms with Crippen LogP contribution in [-0.2, 0) is 12.0 Å². The van der Waals surface area contributed by atoms with E-state index in [0.717, 1.165) is 38.3 Å². The molecule has 3 nitrogen and oxygen atoms in total. The number of nitrogens with zero attached hydrogens (tertiary/aromatic N) is 1. The molecule has 1 heterocycles. The van der Waals surface area contributed by atoms with E-state index in [9.17, 15) is 0 Å². The summed E-state index contributed by atoms with van der Waals surface area (Å²) in [6, 6.07) is 6.56. The molecule has 3 heteroatoms. The molecule has 0 aromatic heterocycles. The molecule has 0 amide bonds. The fraction of sp³-hybridized carbons (Fsp3) is 0.625. The van der Waals surface area contributed by atoms with Gasteiger partial charge in [0.05, 0.1) is 12.1 Å². The van der Waals surface area contributed by atoms with Gasteiger partial charge < -0.3 is 10.5 Å². The van der Waals surface area contributed by atoms with E-state index in [-0.39, 0.29) is 5.54 Å². The maximum atomic E-state index is 6.20. The molecular formula is C16H26N2O. The second kappa shape index (κ2) is 5.93. The molecule has 0 radical (unpaired) electrons. The van der Waals surface area contributed by atoms with Crippen LogP contribution in [-0.4, -0.2) is 31.1 Å². The highest BCUT2D eigenvalue weighted by Gasteiger charge is 2.40. The third-order valence-electron chi connectivity index (χ3n) is 4.43. The van der Waals surface area contributed by atoms with Crippen molar-refractivity contribution in [2.75, 3.05) is 26.2 Å². The topological polar surface area (TPSA) is 38.5 Å². The second-order valence-electron chi connectivity index (χ2n) is 5.19. The molecule has 0 saturated heterocycles. The first-order valence-corrected chi connectivity index (χ1v) is 7.43. The van der Waals surface area contributed by atoms with Crippen LogP contribution in [0.4, 0.5) is 0 Å². The predicted molar refractivity (Wildman–Crippen MR) is 79.6 cm³/mol. The summed E-state index contributed by atoms with van der Waals surface area (Å²) in [5.74, 6) is 1.01. The van der Waals surface area contributed by atoms with Gasteiger partial charge in [0.1, 0.15) is 5.75 Å². The molecule has 1 unspecified atom stereocenters. The van der Waals surface area contributed by atoms with Crippen molar-refractivity contribution in [2.24, 2.45) is 5.73 Å². The van der Waals surface area contributed by atoms with E-state index in [4.69, 9.17) is 10.5 Å². The van der Waals surface area contributed by atoms with E-state index in [1.807, 2.05) is 0 Å². The largest absolute Gasteiger partial charge is 0.493 e. The zero-order valence-corrected chi connectivity index (χ0v) is 12.4. The summed E-state index contributed by atoms with van der Waals surface area (Å²) in [5.41, 5.74) is 8.78. The van der Waals surface area contributed by atoms with Crippen LogP contribution in [0.1, 0.15) is 38.3 Å². The van der Waals surface area contributed by atoms with Gasteiger partial charge in [-0.15, -0.1) is 0 Å². The maximum absolute atomic E-state index is 6.20. The lowest BCUT2D eigenvalue weighted by molar-refractivity contribution is 0.0574. The standard InChI is InChI=1S/C16H26N2O/c1-4-13-7-8-15-14(11-13)16(12-17,9-10-19-15)18(5-2)6-3/h7-8,11H,4-6,9-10,12,17H2,1-3H3. The number of benzene rings is 1. The average molecular weight is 262 g/mol. The normalized spacial score (nSPS) is 22.2. The molecular weight excluding hydrogens is 236 g/mol. The van der Waals surface area contributed by atoms with E-state index in [1.165, 1.54) is 11.1 Å². The summed E-state index contributed by atoms with van der Waals surface area (Å²) >= 11 is 0. The second-order valence-corrected chi connectivity index (χ2v) is 5.19. The van der Waals surface area contributed by atoms with Gasteiger partial charge >= 0.3 is 0 Å².